The zero-order valence-electron chi connectivity index (χ0n) is 25.7. The number of ether oxygens (including phenoxy) is 4. The molecule has 0 aliphatic carbocycles. The Hall–Kier alpha value is -3.04. The Bertz CT molecular complexity index is 1780. The van der Waals surface area contributed by atoms with Crippen LogP contribution in [-0.2, 0) is 30.6 Å². The van der Waals surface area contributed by atoms with Crippen LogP contribution in [0.2, 0.25) is 30.7 Å². The number of fused-ring (bicyclic) bond motifs is 2. The summed E-state index contributed by atoms with van der Waals surface area (Å²) in [5.74, 6) is 3.63. The Balaban J connectivity index is 1.28. The lowest BCUT2D eigenvalue weighted by atomic mass is 10.1. The van der Waals surface area contributed by atoms with E-state index in [0.29, 0.717) is 34.5 Å². The minimum atomic E-state index is -2.36. The van der Waals surface area contributed by atoms with Gasteiger partial charge in [0.05, 0.1) is 29.6 Å². The van der Waals surface area contributed by atoms with Crippen LogP contribution < -0.4 is 9.46 Å². The first-order chi connectivity index (χ1) is 21.3. The minimum Gasteiger partial charge on any atom is -0.456 e. The van der Waals surface area contributed by atoms with Gasteiger partial charge in [-0.1, -0.05) is 43.4 Å². The highest BCUT2D eigenvalue weighted by molar-refractivity contribution is 8.00. The van der Waals surface area contributed by atoms with Crippen LogP contribution in [0.1, 0.15) is 0 Å². The highest BCUT2D eigenvalue weighted by Gasteiger charge is 2.49. The largest absolute Gasteiger partial charge is 0.456 e. The van der Waals surface area contributed by atoms with Gasteiger partial charge >= 0.3 is 6.01 Å². The highest BCUT2D eigenvalue weighted by Crippen LogP contribution is 2.34. The molecule has 1 aromatic carbocycles. The molecule has 45 heavy (non-hydrogen) atoms. The van der Waals surface area contributed by atoms with Gasteiger partial charge in [-0.05, 0) is 42.2 Å². The molecule has 2 saturated heterocycles. The fourth-order valence-electron chi connectivity index (χ4n) is 5.29. The van der Waals surface area contributed by atoms with Gasteiger partial charge in [-0.3, -0.25) is 9.55 Å². The van der Waals surface area contributed by atoms with Crippen molar-refractivity contribution in [2.45, 2.75) is 56.8 Å². The van der Waals surface area contributed by atoms with Crippen LogP contribution in [-0.4, -0.2) is 93.3 Å². The SMILES string of the molecule is C=S(C)(=O)Nc1ccc(-c2ccc(-c3nc4c(cc3Cl)nc(OC3COC5C(O)COC35)n4COCC[Si](C)(C)C)cn2)cc1. The second kappa shape index (κ2) is 12.6. The number of aliphatic hydroxyl groups excluding tert-OH is 1. The summed E-state index contributed by atoms with van der Waals surface area (Å²) in [7, 11) is -3.66. The van der Waals surface area contributed by atoms with Crippen LogP contribution in [0, 0.1) is 0 Å². The molecule has 3 aromatic heterocycles. The summed E-state index contributed by atoms with van der Waals surface area (Å²) in [6.45, 7) is 8.20. The van der Waals surface area contributed by atoms with Crippen LogP contribution in [0.15, 0.2) is 48.7 Å². The molecule has 14 heteroatoms. The molecule has 240 valence electrons. The topological polar surface area (TPSA) is 130 Å². The van der Waals surface area contributed by atoms with Gasteiger partial charge in [-0.25, -0.2) is 9.19 Å². The van der Waals surface area contributed by atoms with Gasteiger partial charge in [0.1, 0.15) is 30.6 Å². The summed E-state index contributed by atoms with van der Waals surface area (Å²) in [5, 5.41) is 10.6. The van der Waals surface area contributed by atoms with E-state index >= 15 is 0 Å². The molecular formula is C31H38ClN5O6SSi. The number of hydrogen-bond acceptors (Lipinski definition) is 9. The number of pyridine rings is 2. The molecule has 6 rings (SSSR count). The first-order valence-corrected chi connectivity index (χ1v) is 21.0. The summed E-state index contributed by atoms with van der Waals surface area (Å²) in [6.07, 6.45) is 1.36. The van der Waals surface area contributed by atoms with E-state index in [1.54, 1.807) is 23.1 Å². The maximum Gasteiger partial charge on any atom is 0.301 e. The predicted octanol–water partition coefficient (Wildman–Crippen LogP) is 4.71. The lowest BCUT2D eigenvalue weighted by molar-refractivity contribution is 0.00336. The van der Waals surface area contributed by atoms with E-state index < -0.39 is 36.1 Å². The Morgan fingerprint density at radius 1 is 1.11 bits per heavy atom. The number of anilines is 1. The van der Waals surface area contributed by atoms with E-state index in [-0.39, 0.29) is 26.0 Å². The molecular weight excluding hydrogens is 634 g/mol. The van der Waals surface area contributed by atoms with E-state index in [1.165, 1.54) is 0 Å². The third-order valence-electron chi connectivity index (χ3n) is 7.65. The van der Waals surface area contributed by atoms with Crippen molar-refractivity contribution in [3.63, 3.8) is 0 Å². The number of aliphatic hydroxyl groups is 1. The number of halogens is 1. The summed E-state index contributed by atoms with van der Waals surface area (Å²) in [5.41, 5.74) is 4.81. The third kappa shape index (κ3) is 7.35. The third-order valence-corrected chi connectivity index (χ3v) is 10.3. The van der Waals surface area contributed by atoms with Crippen LogP contribution in [0.4, 0.5) is 5.69 Å². The van der Waals surface area contributed by atoms with Crippen LogP contribution >= 0.6 is 11.6 Å². The number of hydrogen-bond donors (Lipinski definition) is 2. The zero-order valence-corrected chi connectivity index (χ0v) is 28.3. The average molecular weight is 672 g/mol. The van der Waals surface area contributed by atoms with Crippen molar-refractivity contribution in [1.82, 2.24) is 19.5 Å². The van der Waals surface area contributed by atoms with E-state index in [1.807, 2.05) is 36.4 Å². The average Bonchev–Trinajstić information content (AvgIpc) is 3.65. The first-order valence-electron chi connectivity index (χ1n) is 14.7. The monoisotopic (exact) mass is 671 g/mol. The minimum absolute atomic E-state index is 0.193. The van der Waals surface area contributed by atoms with Gasteiger partial charge in [-0.2, -0.15) is 4.98 Å². The number of nitrogens with zero attached hydrogens (tertiary/aromatic N) is 4. The van der Waals surface area contributed by atoms with E-state index in [0.717, 1.165) is 28.6 Å². The molecule has 0 radical (unpaired) electrons. The van der Waals surface area contributed by atoms with Gasteiger partial charge in [0.2, 0.25) is 0 Å². The van der Waals surface area contributed by atoms with Crippen molar-refractivity contribution in [2.75, 3.05) is 30.8 Å². The van der Waals surface area contributed by atoms with Gasteiger partial charge < -0.3 is 28.8 Å². The molecule has 2 aliphatic rings. The van der Waals surface area contributed by atoms with Crippen LogP contribution in [0.25, 0.3) is 33.7 Å². The summed E-state index contributed by atoms with van der Waals surface area (Å²) in [4.78, 5) is 14.3. The highest BCUT2D eigenvalue weighted by atomic mass is 35.5. The van der Waals surface area contributed by atoms with E-state index in [4.69, 9.17) is 40.5 Å². The summed E-state index contributed by atoms with van der Waals surface area (Å²) >= 11 is 6.75. The Kier molecular flexibility index (Phi) is 8.96. The Morgan fingerprint density at radius 3 is 2.53 bits per heavy atom. The number of nitrogens with one attached hydrogen (secondary N) is 1. The normalized spacial score (nSPS) is 22.8. The second-order valence-electron chi connectivity index (χ2n) is 12.8. The van der Waals surface area contributed by atoms with Crippen molar-refractivity contribution >= 4 is 52.1 Å². The van der Waals surface area contributed by atoms with Crippen LogP contribution in [0.3, 0.4) is 0 Å². The standard InChI is InChI=1S/C31H38ClN5O6SSi/c1-44(2,39)36-21-9-6-19(7-10-21)23-11-8-20(15-33-23)27-22(32)14-24-30(35-27)37(18-40-12-13-45(3,4)5)31(34-24)43-26-17-42-28-25(38)16-41-29(26)28/h6-11,14-15,25-26,28-29,38H,1,12-13,16-18H2,2-5H3,(H,36,39). The number of aromatic nitrogens is 4. The lowest BCUT2D eigenvalue weighted by Crippen LogP contribution is -2.35. The molecule has 4 aromatic rings. The van der Waals surface area contributed by atoms with Crippen LogP contribution in [0.5, 0.6) is 6.01 Å². The lowest BCUT2D eigenvalue weighted by Gasteiger charge is -2.19. The maximum atomic E-state index is 12.0. The molecule has 2 aliphatic heterocycles. The summed E-state index contributed by atoms with van der Waals surface area (Å²) < 4.78 is 40.6. The predicted molar refractivity (Wildman–Crippen MR) is 180 cm³/mol. The smallest absolute Gasteiger partial charge is 0.301 e. The number of imidazole rings is 1. The maximum absolute atomic E-state index is 12.0. The summed E-state index contributed by atoms with van der Waals surface area (Å²) in [6, 6.07) is 14.4. The Labute approximate surface area is 269 Å². The Morgan fingerprint density at radius 2 is 1.84 bits per heavy atom. The zero-order chi connectivity index (χ0) is 31.9. The van der Waals surface area contributed by atoms with Gasteiger partial charge in [-0.15, -0.1) is 0 Å². The fourth-order valence-corrected chi connectivity index (χ4v) is 6.94. The molecule has 5 heterocycles. The van der Waals surface area contributed by atoms with Crippen molar-refractivity contribution in [2.24, 2.45) is 0 Å². The quantitative estimate of drug-likeness (QED) is 0.132. The molecule has 0 saturated carbocycles. The molecule has 0 bridgehead atoms. The molecule has 11 nitrogen and oxygen atoms in total. The van der Waals surface area contributed by atoms with Gasteiger partial charge in [0.25, 0.3) is 0 Å². The van der Waals surface area contributed by atoms with Crippen molar-refractivity contribution in [3.05, 3.63) is 53.7 Å². The van der Waals surface area contributed by atoms with E-state index in [9.17, 15) is 9.32 Å². The van der Waals surface area contributed by atoms with Crippen molar-refractivity contribution in [3.8, 4) is 28.5 Å². The van der Waals surface area contributed by atoms with Crippen molar-refractivity contribution in [1.29, 1.82) is 0 Å². The molecule has 2 fully saturated rings. The molecule has 5 unspecified atom stereocenters. The molecule has 2 N–H and O–H groups in total. The van der Waals surface area contributed by atoms with E-state index in [2.05, 4.69) is 35.2 Å². The molecule has 0 amide bonds. The van der Waals surface area contributed by atoms with Gasteiger partial charge in [0.15, 0.2) is 11.8 Å². The van der Waals surface area contributed by atoms with Crippen molar-refractivity contribution < 1.29 is 28.3 Å². The molecule has 5 atom stereocenters. The van der Waals surface area contributed by atoms with Gasteiger partial charge in [0, 0.05) is 53.7 Å². The number of benzene rings is 1. The second-order valence-corrected chi connectivity index (χ2v) is 21.0. The fraction of sp³-hybridized carbons (Fsp3) is 0.419. The molecule has 0 spiro atoms. The number of rotatable bonds is 11. The first kappa shape index (κ1) is 31.9.